The number of nitrogens with one attached hydrogen (secondary N) is 1. The molecule has 2 aromatic rings. The highest BCUT2D eigenvalue weighted by Gasteiger charge is 2.11. The third-order valence-corrected chi connectivity index (χ3v) is 3.15. The van der Waals surface area contributed by atoms with Gasteiger partial charge in [-0.15, -0.1) is 0 Å². The first-order valence-electron chi connectivity index (χ1n) is 5.58. The van der Waals surface area contributed by atoms with E-state index in [1.165, 1.54) is 17.5 Å². The van der Waals surface area contributed by atoms with E-state index >= 15 is 0 Å². The van der Waals surface area contributed by atoms with Crippen LogP contribution in [0.3, 0.4) is 0 Å². The number of benzene rings is 1. The number of rotatable bonds is 3. The number of aromatic amines is 1. The van der Waals surface area contributed by atoms with E-state index in [4.69, 9.17) is 11.6 Å². The van der Waals surface area contributed by atoms with Gasteiger partial charge in [0.2, 0.25) is 0 Å². The molecule has 0 fully saturated rings. The van der Waals surface area contributed by atoms with Gasteiger partial charge in [0.1, 0.15) is 5.02 Å². The predicted octanol–water partition coefficient (Wildman–Crippen LogP) is 2.37. The summed E-state index contributed by atoms with van der Waals surface area (Å²) in [6.07, 6.45) is 1.36. The molecule has 0 aliphatic carbocycles. The smallest absolute Gasteiger partial charge is 0.271 e. The fourth-order valence-electron chi connectivity index (χ4n) is 1.76. The second-order valence-corrected chi connectivity index (χ2v) is 4.53. The average Bonchev–Trinajstić information content (AvgIpc) is 2.35. The molecule has 0 radical (unpaired) electrons. The number of hydrogen-bond donors (Lipinski definition) is 1. The third-order valence-electron chi connectivity index (χ3n) is 2.81. The van der Waals surface area contributed by atoms with Crippen molar-refractivity contribution in [1.82, 2.24) is 9.97 Å². The number of anilines is 1. The van der Waals surface area contributed by atoms with Gasteiger partial charge in [-0.25, -0.2) is 4.98 Å². The van der Waals surface area contributed by atoms with Gasteiger partial charge in [0.05, 0.1) is 6.33 Å². The Kier molecular flexibility index (Phi) is 3.67. The van der Waals surface area contributed by atoms with E-state index in [1.807, 2.05) is 30.1 Å². The number of aryl methyl sites for hydroxylation is 1. The van der Waals surface area contributed by atoms with Crippen LogP contribution in [0.15, 0.2) is 35.4 Å². The topological polar surface area (TPSA) is 49.0 Å². The van der Waals surface area contributed by atoms with Crippen molar-refractivity contribution >= 4 is 17.4 Å². The molecule has 1 N–H and O–H groups in total. The van der Waals surface area contributed by atoms with Crippen LogP contribution in [0, 0.1) is 6.92 Å². The molecule has 0 spiro atoms. The Morgan fingerprint density at radius 3 is 2.83 bits per heavy atom. The largest absolute Gasteiger partial charge is 0.354 e. The molecule has 1 aromatic carbocycles. The molecule has 94 valence electrons. The van der Waals surface area contributed by atoms with Gasteiger partial charge in [-0.05, 0) is 18.1 Å². The van der Waals surface area contributed by atoms with E-state index in [0.29, 0.717) is 12.4 Å². The minimum atomic E-state index is -0.321. The summed E-state index contributed by atoms with van der Waals surface area (Å²) in [5.74, 6) is 0.490. The lowest BCUT2D eigenvalue weighted by Crippen LogP contribution is -2.22. The van der Waals surface area contributed by atoms with E-state index in [2.05, 4.69) is 23.0 Å². The second kappa shape index (κ2) is 5.23. The molecule has 5 heteroatoms. The lowest BCUT2D eigenvalue weighted by atomic mass is 10.1. The monoisotopic (exact) mass is 263 g/mol. The highest BCUT2D eigenvalue weighted by molar-refractivity contribution is 6.32. The molecular weight excluding hydrogens is 250 g/mol. The maximum absolute atomic E-state index is 11.4. The van der Waals surface area contributed by atoms with Gasteiger partial charge in [0.25, 0.3) is 5.56 Å². The summed E-state index contributed by atoms with van der Waals surface area (Å²) in [4.78, 5) is 19.8. The van der Waals surface area contributed by atoms with E-state index in [-0.39, 0.29) is 10.6 Å². The first-order valence-corrected chi connectivity index (χ1v) is 5.96. The van der Waals surface area contributed by atoms with Crippen molar-refractivity contribution < 1.29 is 0 Å². The molecule has 0 saturated carbocycles. The van der Waals surface area contributed by atoms with Crippen LogP contribution in [0.25, 0.3) is 0 Å². The van der Waals surface area contributed by atoms with Gasteiger partial charge in [0, 0.05) is 13.6 Å². The molecule has 18 heavy (non-hydrogen) atoms. The summed E-state index contributed by atoms with van der Waals surface area (Å²) in [7, 11) is 1.86. The first-order chi connectivity index (χ1) is 8.59. The van der Waals surface area contributed by atoms with E-state index < -0.39 is 0 Å². The normalized spacial score (nSPS) is 10.4. The highest BCUT2D eigenvalue weighted by Crippen LogP contribution is 2.19. The van der Waals surface area contributed by atoms with Crippen molar-refractivity contribution in [2.75, 3.05) is 11.9 Å². The zero-order chi connectivity index (χ0) is 13.1. The Bertz CT molecular complexity index is 609. The maximum atomic E-state index is 11.4. The zero-order valence-corrected chi connectivity index (χ0v) is 11.0. The molecule has 0 bridgehead atoms. The SMILES string of the molecule is Cc1ccccc1CN(C)c1nc[nH]c(=O)c1Cl. The quantitative estimate of drug-likeness (QED) is 0.925. The summed E-state index contributed by atoms with van der Waals surface area (Å²) >= 11 is 5.95. The average molecular weight is 264 g/mol. The molecule has 0 saturated heterocycles. The standard InChI is InChI=1S/C13H14ClN3O/c1-9-5-3-4-6-10(9)7-17(2)12-11(14)13(18)16-8-15-12/h3-6,8H,7H2,1-2H3,(H,15,16,18). The van der Waals surface area contributed by atoms with Crippen molar-refractivity contribution in [3.05, 3.63) is 57.1 Å². The lowest BCUT2D eigenvalue weighted by molar-refractivity contribution is 0.880. The number of nitrogens with zero attached hydrogens (tertiary/aromatic N) is 2. The Hall–Kier alpha value is -1.81. The van der Waals surface area contributed by atoms with Crippen LogP contribution < -0.4 is 10.5 Å². The molecular formula is C13H14ClN3O. The number of aromatic nitrogens is 2. The summed E-state index contributed by atoms with van der Waals surface area (Å²) in [6, 6.07) is 8.09. The summed E-state index contributed by atoms with van der Waals surface area (Å²) in [5, 5.41) is 0.119. The predicted molar refractivity (Wildman–Crippen MR) is 73.2 cm³/mol. The van der Waals surface area contributed by atoms with Gasteiger partial charge in [0.15, 0.2) is 5.82 Å². The van der Waals surface area contributed by atoms with Crippen molar-refractivity contribution in [1.29, 1.82) is 0 Å². The van der Waals surface area contributed by atoms with Gasteiger partial charge in [-0.1, -0.05) is 35.9 Å². The molecule has 2 rings (SSSR count). The van der Waals surface area contributed by atoms with Gasteiger partial charge >= 0.3 is 0 Å². The van der Waals surface area contributed by atoms with E-state index in [1.54, 1.807) is 0 Å². The fourth-order valence-corrected chi connectivity index (χ4v) is 2.01. The number of halogens is 1. The lowest BCUT2D eigenvalue weighted by Gasteiger charge is -2.19. The van der Waals surface area contributed by atoms with Crippen molar-refractivity contribution in [2.45, 2.75) is 13.5 Å². The van der Waals surface area contributed by atoms with Crippen LogP contribution in [0.2, 0.25) is 5.02 Å². The van der Waals surface area contributed by atoms with Crippen LogP contribution in [0.5, 0.6) is 0 Å². The number of hydrogen-bond acceptors (Lipinski definition) is 3. The summed E-state index contributed by atoms with van der Waals surface area (Å²) < 4.78 is 0. The van der Waals surface area contributed by atoms with E-state index in [0.717, 1.165) is 0 Å². The van der Waals surface area contributed by atoms with Gasteiger partial charge in [-0.3, -0.25) is 4.79 Å². The maximum Gasteiger partial charge on any atom is 0.271 e. The van der Waals surface area contributed by atoms with Crippen LogP contribution in [0.1, 0.15) is 11.1 Å². The molecule has 0 amide bonds. The Morgan fingerprint density at radius 1 is 1.39 bits per heavy atom. The van der Waals surface area contributed by atoms with Crippen LogP contribution in [-0.4, -0.2) is 17.0 Å². The molecule has 4 nitrogen and oxygen atoms in total. The Labute approximate surface area is 110 Å². The molecule has 0 unspecified atom stereocenters. The van der Waals surface area contributed by atoms with Crippen LogP contribution >= 0.6 is 11.6 Å². The third kappa shape index (κ3) is 2.54. The Morgan fingerprint density at radius 2 is 2.11 bits per heavy atom. The zero-order valence-electron chi connectivity index (χ0n) is 10.3. The summed E-state index contributed by atoms with van der Waals surface area (Å²) in [5.41, 5.74) is 2.06. The molecule has 0 aliphatic heterocycles. The fraction of sp³-hybridized carbons (Fsp3) is 0.231. The molecule has 0 aliphatic rings. The van der Waals surface area contributed by atoms with Crippen molar-refractivity contribution in [3.8, 4) is 0 Å². The van der Waals surface area contributed by atoms with Gasteiger partial charge in [-0.2, -0.15) is 0 Å². The van der Waals surface area contributed by atoms with E-state index in [9.17, 15) is 4.79 Å². The first kappa shape index (κ1) is 12.6. The minimum Gasteiger partial charge on any atom is -0.354 e. The molecule has 1 aromatic heterocycles. The molecule has 1 heterocycles. The minimum absolute atomic E-state index is 0.119. The molecule has 0 atom stereocenters. The van der Waals surface area contributed by atoms with Crippen molar-refractivity contribution in [2.24, 2.45) is 0 Å². The Balaban J connectivity index is 2.28. The van der Waals surface area contributed by atoms with Crippen LogP contribution in [0.4, 0.5) is 5.82 Å². The van der Waals surface area contributed by atoms with Crippen molar-refractivity contribution in [3.63, 3.8) is 0 Å². The highest BCUT2D eigenvalue weighted by atomic mass is 35.5. The summed E-state index contributed by atoms with van der Waals surface area (Å²) in [6.45, 7) is 2.71. The van der Waals surface area contributed by atoms with Crippen LogP contribution in [-0.2, 0) is 6.54 Å². The van der Waals surface area contributed by atoms with Gasteiger partial charge < -0.3 is 9.88 Å². The number of H-pyrrole nitrogens is 1. The second-order valence-electron chi connectivity index (χ2n) is 4.15.